The third kappa shape index (κ3) is 5.08. The first kappa shape index (κ1) is 24.1. The lowest BCUT2D eigenvalue weighted by Crippen LogP contribution is -2.38. The average Bonchev–Trinajstić information content (AvgIpc) is 2.81. The van der Waals surface area contributed by atoms with E-state index in [1.54, 1.807) is 38.4 Å². The first-order valence-corrected chi connectivity index (χ1v) is 9.69. The van der Waals surface area contributed by atoms with Gasteiger partial charge in [-0.05, 0) is 24.3 Å². The second kappa shape index (κ2) is 9.49. The van der Waals surface area contributed by atoms with Crippen molar-refractivity contribution in [3.8, 4) is 11.3 Å². The molecule has 0 unspecified atom stereocenters. The molecule has 0 atom stereocenters. The lowest BCUT2D eigenvalue weighted by atomic mass is 10.1. The van der Waals surface area contributed by atoms with Gasteiger partial charge < -0.3 is 24.0 Å². The molecule has 1 aliphatic rings. The molecule has 2 heterocycles. The molecule has 176 valence electrons. The monoisotopic (exact) mass is 465 g/mol. The van der Waals surface area contributed by atoms with Crippen LogP contribution in [0.5, 0.6) is 0 Å². The highest BCUT2D eigenvalue weighted by atomic mass is 19.4. The molecule has 1 aromatic heterocycles. The maximum absolute atomic E-state index is 13.5. The van der Waals surface area contributed by atoms with Crippen molar-refractivity contribution in [2.24, 2.45) is 0 Å². The van der Waals surface area contributed by atoms with E-state index >= 15 is 0 Å². The van der Waals surface area contributed by atoms with Gasteiger partial charge in [0, 0.05) is 25.3 Å². The first-order chi connectivity index (χ1) is 15.6. The molecule has 8 nitrogen and oxygen atoms in total. The molecule has 0 spiro atoms. The lowest BCUT2D eigenvalue weighted by Gasteiger charge is -2.31. The molecular weight excluding hydrogens is 443 g/mol. The fraction of sp³-hybridized carbons (Fsp3) is 0.318. The van der Waals surface area contributed by atoms with Crippen molar-refractivity contribution in [3.63, 3.8) is 0 Å². The summed E-state index contributed by atoms with van der Waals surface area (Å²) in [5, 5.41) is 0. The molecule has 0 saturated heterocycles. The average molecular weight is 465 g/mol. The van der Waals surface area contributed by atoms with Crippen LogP contribution in [0.15, 0.2) is 47.7 Å². The number of benzene rings is 1. The number of anilines is 2. The number of methoxy groups -OCH3 is 2. The van der Waals surface area contributed by atoms with E-state index in [2.05, 4.69) is 4.98 Å². The van der Waals surface area contributed by atoms with Crippen LogP contribution in [0.4, 0.5) is 24.7 Å². The summed E-state index contributed by atoms with van der Waals surface area (Å²) < 4.78 is 55.4. The Bertz CT molecular complexity index is 1100. The predicted molar refractivity (Wildman–Crippen MR) is 113 cm³/mol. The molecule has 0 bridgehead atoms. The highest BCUT2D eigenvalue weighted by Gasteiger charge is 2.34. The van der Waals surface area contributed by atoms with Crippen molar-refractivity contribution >= 4 is 23.4 Å². The van der Waals surface area contributed by atoms with Gasteiger partial charge in [-0.15, -0.1) is 0 Å². The van der Waals surface area contributed by atoms with Crippen LogP contribution in [-0.2, 0) is 30.0 Å². The minimum absolute atomic E-state index is 0.0342. The van der Waals surface area contributed by atoms with Crippen LogP contribution in [0.3, 0.4) is 0 Å². The topological polar surface area (TPSA) is 81.2 Å². The van der Waals surface area contributed by atoms with E-state index in [9.17, 15) is 22.8 Å². The summed E-state index contributed by atoms with van der Waals surface area (Å²) >= 11 is 0. The first-order valence-electron chi connectivity index (χ1n) is 9.69. The highest BCUT2D eigenvalue weighted by Crippen LogP contribution is 2.35. The molecule has 0 saturated carbocycles. The number of halogens is 3. The Morgan fingerprint density at radius 3 is 2.39 bits per heavy atom. The smallest absolute Gasteiger partial charge is 0.416 e. The van der Waals surface area contributed by atoms with Crippen LogP contribution >= 0.6 is 0 Å². The van der Waals surface area contributed by atoms with Crippen LogP contribution in [-0.4, -0.2) is 58.6 Å². The van der Waals surface area contributed by atoms with Gasteiger partial charge in [-0.3, -0.25) is 0 Å². The Kier molecular flexibility index (Phi) is 6.92. The van der Waals surface area contributed by atoms with Gasteiger partial charge in [0.25, 0.3) is 0 Å². The van der Waals surface area contributed by atoms with Gasteiger partial charge in [0.15, 0.2) is 0 Å². The fourth-order valence-corrected chi connectivity index (χ4v) is 3.24. The second-order valence-electron chi connectivity index (χ2n) is 7.26. The summed E-state index contributed by atoms with van der Waals surface area (Å²) in [6, 6.07) is 8.29. The molecule has 0 N–H and O–H groups in total. The van der Waals surface area contributed by atoms with E-state index in [4.69, 9.17) is 14.2 Å². The molecule has 0 aliphatic carbocycles. The number of rotatable bonds is 5. The highest BCUT2D eigenvalue weighted by molar-refractivity contribution is 6.03. The van der Waals surface area contributed by atoms with Gasteiger partial charge in [-0.1, -0.05) is 12.1 Å². The number of carbonyl (C=O) groups is 2. The van der Waals surface area contributed by atoms with Crippen molar-refractivity contribution in [1.29, 1.82) is 0 Å². The van der Waals surface area contributed by atoms with Gasteiger partial charge in [-0.2, -0.15) is 13.2 Å². The Morgan fingerprint density at radius 2 is 1.79 bits per heavy atom. The largest absolute Gasteiger partial charge is 0.466 e. The number of pyridine rings is 1. The molecular formula is C22H22F3N3O5. The normalized spacial score (nSPS) is 14.2. The number of carbonyl (C=O) groups excluding carboxylic acids is 2. The SMILES string of the molecule is COC(=O)C1=C(C(=O)OC)N(c2cccc(-c3cc(C(F)(F)F)cc(N(C)C)n3)c2)COC1. The summed E-state index contributed by atoms with van der Waals surface area (Å²) in [6.45, 7) is -0.248. The number of aromatic nitrogens is 1. The number of hydrogen-bond acceptors (Lipinski definition) is 8. The van der Waals surface area contributed by atoms with E-state index < -0.39 is 23.7 Å². The third-order valence-corrected chi connectivity index (χ3v) is 4.88. The molecule has 2 aromatic rings. The summed E-state index contributed by atoms with van der Waals surface area (Å²) in [5.41, 5.74) is -0.0985. The summed E-state index contributed by atoms with van der Waals surface area (Å²) in [4.78, 5) is 31.9. The van der Waals surface area contributed by atoms with Gasteiger partial charge in [0.2, 0.25) is 0 Å². The molecule has 3 rings (SSSR count). The molecule has 1 aromatic carbocycles. The number of ether oxygens (including phenoxy) is 3. The summed E-state index contributed by atoms with van der Waals surface area (Å²) in [6.07, 6.45) is -4.56. The maximum Gasteiger partial charge on any atom is 0.416 e. The minimum Gasteiger partial charge on any atom is -0.466 e. The van der Waals surface area contributed by atoms with E-state index in [0.717, 1.165) is 12.1 Å². The van der Waals surface area contributed by atoms with Crippen molar-refractivity contribution in [2.45, 2.75) is 6.18 Å². The Morgan fingerprint density at radius 1 is 1.09 bits per heavy atom. The second-order valence-corrected chi connectivity index (χ2v) is 7.26. The quantitative estimate of drug-likeness (QED) is 0.623. The Labute approximate surface area is 188 Å². The van der Waals surface area contributed by atoms with E-state index in [1.165, 1.54) is 24.0 Å². The standard InChI is InChI=1S/C22H22F3N3O5/c1-27(2)18-10-14(22(23,24)25)9-17(26-18)13-6-5-7-15(8-13)28-12-33-11-16(20(29)31-3)19(28)21(30)32-4/h5-10H,11-12H2,1-4H3. The zero-order chi connectivity index (χ0) is 24.3. The van der Waals surface area contributed by atoms with Crippen LogP contribution in [0.1, 0.15) is 5.56 Å². The lowest BCUT2D eigenvalue weighted by molar-refractivity contribution is -0.140. The Hall–Kier alpha value is -3.60. The van der Waals surface area contributed by atoms with Gasteiger partial charge in [-0.25, -0.2) is 14.6 Å². The van der Waals surface area contributed by atoms with Crippen LogP contribution in [0.2, 0.25) is 0 Å². The number of hydrogen-bond donors (Lipinski definition) is 0. The molecule has 0 fully saturated rings. The van der Waals surface area contributed by atoms with Crippen molar-refractivity contribution in [3.05, 3.63) is 53.2 Å². The Balaban J connectivity index is 2.13. The fourth-order valence-electron chi connectivity index (χ4n) is 3.24. The summed E-state index contributed by atoms with van der Waals surface area (Å²) in [7, 11) is 5.53. The van der Waals surface area contributed by atoms with Crippen molar-refractivity contribution in [2.75, 3.05) is 51.5 Å². The van der Waals surface area contributed by atoms with Gasteiger partial charge in [0.1, 0.15) is 18.2 Å². The number of alkyl halides is 3. The van der Waals surface area contributed by atoms with E-state index in [-0.39, 0.29) is 36.1 Å². The van der Waals surface area contributed by atoms with Crippen molar-refractivity contribution in [1.82, 2.24) is 4.98 Å². The number of nitrogens with zero attached hydrogens (tertiary/aromatic N) is 3. The zero-order valence-electron chi connectivity index (χ0n) is 18.4. The van der Waals surface area contributed by atoms with E-state index in [1.807, 2.05) is 0 Å². The van der Waals surface area contributed by atoms with Crippen LogP contribution in [0, 0.1) is 0 Å². The maximum atomic E-state index is 13.5. The van der Waals surface area contributed by atoms with Crippen molar-refractivity contribution < 1.29 is 37.0 Å². The summed E-state index contributed by atoms with van der Waals surface area (Å²) in [5.74, 6) is -1.41. The van der Waals surface area contributed by atoms with Crippen LogP contribution in [0.25, 0.3) is 11.3 Å². The molecule has 11 heteroatoms. The van der Waals surface area contributed by atoms with E-state index in [0.29, 0.717) is 11.3 Å². The molecule has 0 radical (unpaired) electrons. The molecule has 0 amide bonds. The van der Waals surface area contributed by atoms with Crippen LogP contribution < -0.4 is 9.80 Å². The minimum atomic E-state index is -4.56. The van der Waals surface area contributed by atoms with Gasteiger partial charge >= 0.3 is 18.1 Å². The van der Waals surface area contributed by atoms with Gasteiger partial charge in [0.05, 0.1) is 37.7 Å². The number of esters is 2. The molecule has 33 heavy (non-hydrogen) atoms. The predicted octanol–water partition coefficient (Wildman–Crippen LogP) is 3.23. The zero-order valence-corrected chi connectivity index (χ0v) is 18.4. The molecule has 1 aliphatic heterocycles. The third-order valence-electron chi connectivity index (χ3n) is 4.88.